The van der Waals surface area contributed by atoms with E-state index in [0.29, 0.717) is 17.9 Å². The maximum absolute atomic E-state index is 13.7. The van der Waals surface area contributed by atoms with E-state index in [2.05, 4.69) is 5.32 Å². The molecule has 1 aromatic rings. The fraction of sp³-hybridized carbons (Fsp3) is 0.455. The predicted molar refractivity (Wildman–Crippen MR) is 57.7 cm³/mol. The van der Waals surface area contributed by atoms with Crippen molar-refractivity contribution in [2.75, 3.05) is 13.1 Å². The second-order valence-electron chi connectivity index (χ2n) is 4.07. The van der Waals surface area contributed by atoms with Crippen LogP contribution in [0.15, 0.2) is 18.2 Å². The Labute approximate surface area is 92.6 Å². The van der Waals surface area contributed by atoms with Crippen LogP contribution in [0, 0.1) is 21.8 Å². The largest absolute Gasteiger partial charge is 0.316 e. The van der Waals surface area contributed by atoms with E-state index in [0.717, 1.165) is 19.5 Å². The molecule has 1 heterocycles. The summed E-state index contributed by atoms with van der Waals surface area (Å²) in [6.45, 7) is 1.81. The van der Waals surface area contributed by atoms with Gasteiger partial charge in [0.15, 0.2) is 0 Å². The Kier molecular flexibility index (Phi) is 3.14. The molecule has 0 spiro atoms. The highest BCUT2D eigenvalue weighted by Gasteiger charge is 2.21. The molecule has 1 aliphatic rings. The van der Waals surface area contributed by atoms with E-state index in [1.165, 1.54) is 6.07 Å². The van der Waals surface area contributed by atoms with Crippen LogP contribution >= 0.6 is 0 Å². The van der Waals surface area contributed by atoms with Gasteiger partial charge in [0.05, 0.1) is 4.92 Å². The van der Waals surface area contributed by atoms with Crippen molar-refractivity contribution in [3.8, 4) is 0 Å². The zero-order chi connectivity index (χ0) is 11.5. The third-order valence-electron chi connectivity index (χ3n) is 2.93. The van der Waals surface area contributed by atoms with Crippen LogP contribution in [0.3, 0.4) is 0 Å². The van der Waals surface area contributed by atoms with Gasteiger partial charge in [-0.15, -0.1) is 0 Å². The lowest BCUT2D eigenvalue weighted by Crippen LogP contribution is -2.11. The molecule has 86 valence electrons. The minimum Gasteiger partial charge on any atom is -0.316 e. The maximum atomic E-state index is 13.7. The summed E-state index contributed by atoms with van der Waals surface area (Å²) < 4.78 is 13.7. The quantitative estimate of drug-likeness (QED) is 0.630. The summed E-state index contributed by atoms with van der Waals surface area (Å²) in [4.78, 5) is 9.89. The third kappa shape index (κ3) is 2.19. The van der Waals surface area contributed by atoms with Crippen molar-refractivity contribution in [2.24, 2.45) is 5.92 Å². The van der Waals surface area contributed by atoms with Gasteiger partial charge in [-0.2, -0.15) is 4.39 Å². The Balaban J connectivity index is 2.20. The van der Waals surface area contributed by atoms with Crippen molar-refractivity contribution in [3.63, 3.8) is 0 Å². The summed E-state index contributed by atoms with van der Waals surface area (Å²) in [6, 6.07) is 4.37. The molecule has 1 unspecified atom stereocenters. The van der Waals surface area contributed by atoms with Gasteiger partial charge in [-0.05, 0) is 37.4 Å². The van der Waals surface area contributed by atoms with Crippen LogP contribution in [0.25, 0.3) is 0 Å². The molecule has 1 N–H and O–H groups in total. The number of nitrogens with zero attached hydrogens (tertiary/aromatic N) is 1. The zero-order valence-corrected chi connectivity index (χ0v) is 8.78. The van der Waals surface area contributed by atoms with Crippen LogP contribution in [-0.4, -0.2) is 18.0 Å². The van der Waals surface area contributed by atoms with Gasteiger partial charge < -0.3 is 5.32 Å². The van der Waals surface area contributed by atoms with E-state index in [-0.39, 0.29) is 0 Å². The topological polar surface area (TPSA) is 55.2 Å². The molecule has 0 aliphatic carbocycles. The minimum absolute atomic E-state index is 0.386. The average molecular weight is 224 g/mol. The monoisotopic (exact) mass is 224 g/mol. The van der Waals surface area contributed by atoms with Crippen LogP contribution in [0.4, 0.5) is 10.1 Å². The average Bonchev–Trinajstić information content (AvgIpc) is 2.73. The smallest absolute Gasteiger partial charge is 0.305 e. The first-order chi connectivity index (χ1) is 7.68. The highest BCUT2D eigenvalue weighted by molar-refractivity contribution is 5.37. The molecule has 2 rings (SSSR count). The molecule has 1 aromatic carbocycles. The maximum Gasteiger partial charge on any atom is 0.305 e. The van der Waals surface area contributed by atoms with E-state index in [9.17, 15) is 14.5 Å². The second kappa shape index (κ2) is 4.57. The summed E-state index contributed by atoms with van der Waals surface area (Å²) in [5.41, 5.74) is 0.0198. The lowest BCUT2D eigenvalue weighted by Gasteiger charge is -2.08. The molecule has 0 saturated carbocycles. The summed E-state index contributed by atoms with van der Waals surface area (Å²) in [5, 5.41) is 13.8. The van der Waals surface area contributed by atoms with Crippen molar-refractivity contribution in [2.45, 2.75) is 12.8 Å². The number of nitro groups is 1. The Morgan fingerprint density at radius 2 is 2.38 bits per heavy atom. The normalized spacial score (nSPS) is 19.9. The molecule has 16 heavy (non-hydrogen) atoms. The highest BCUT2D eigenvalue weighted by Crippen LogP contribution is 2.24. The number of benzene rings is 1. The summed E-state index contributed by atoms with van der Waals surface area (Å²) in [6.07, 6.45) is 1.57. The van der Waals surface area contributed by atoms with Crippen LogP contribution in [0.1, 0.15) is 12.0 Å². The molecule has 0 bridgehead atoms. The number of halogens is 1. The first kappa shape index (κ1) is 11.0. The number of nitro benzene ring substituents is 1. The Bertz CT molecular complexity index is 403. The molecule has 5 heteroatoms. The van der Waals surface area contributed by atoms with Gasteiger partial charge in [0.2, 0.25) is 5.82 Å². The van der Waals surface area contributed by atoms with Gasteiger partial charge in [-0.1, -0.05) is 12.1 Å². The number of hydrogen-bond acceptors (Lipinski definition) is 3. The van der Waals surface area contributed by atoms with E-state index in [1.807, 2.05) is 0 Å². The zero-order valence-electron chi connectivity index (χ0n) is 8.78. The highest BCUT2D eigenvalue weighted by atomic mass is 19.1. The standard InChI is InChI=1S/C11H13FN2O2/c12-11-9(6-8-4-5-13-7-8)2-1-3-10(11)14(15)16/h1-3,8,13H,4-7H2. The SMILES string of the molecule is O=[N+]([O-])c1cccc(CC2CCNC2)c1F. The molecular formula is C11H13FN2O2. The van der Waals surface area contributed by atoms with Crippen LogP contribution < -0.4 is 5.32 Å². The first-order valence-electron chi connectivity index (χ1n) is 5.31. The van der Waals surface area contributed by atoms with E-state index >= 15 is 0 Å². The van der Waals surface area contributed by atoms with E-state index < -0.39 is 16.4 Å². The number of nitrogens with one attached hydrogen (secondary N) is 1. The van der Waals surface area contributed by atoms with Gasteiger partial charge >= 0.3 is 5.69 Å². The van der Waals surface area contributed by atoms with E-state index in [1.54, 1.807) is 12.1 Å². The van der Waals surface area contributed by atoms with Gasteiger partial charge in [-0.25, -0.2) is 0 Å². The fourth-order valence-corrected chi connectivity index (χ4v) is 2.06. The lowest BCUT2D eigenvalue weighted by atomic mass is 9.98. The molecule has 1 saturated heterocycles. The van der Waals surface area contributed by atoms with Gasteiger partial charge in [-0.3, -0.25) is 10.1 Å². The van der Waals surface area contributed by atoms with E-state index in [4.69, 9.17) is 0 Å². The third-order valence-corrected chi connectivity index (χ3v) is 2.93. The summed E-state index contributed by atoms with van der Waals surface area (Å²) in [7, 11) is 0. The predicted octanol–water partition coefficient (Wildman–Crippen LogP) is 1.89. The summed E-state index contributed by atoms with van der Waals surface area (Å²) in [5.74, 6) is -0.295. The van der Waals surface area contributed by atoms with Crippen molar-refractivity contribution in [3.05, 3.63) is 39.7 Å². The minimum atomic E-state index is -0.681. The lowest BCUT2D eigenvalue weighted by molar-refractivity contribution is -0.387. The molecular weight excluding hydrogens is 211 g/mol. The summed E-state index contributed by atoms with van der Waals surface area (Å²) >= 11 is 0. The van der Waals surface area contributed by atoms with Crippen LogP contribution in [0.2, 0.25) is 0 Å². The van der Waals surface area contributed by atoms with Crippen molar-refractivity contribution in [1.82, 2.24) is 5.32 Å². The van der Waals surface area contributed by atoms with Crippen molar-refractivity contribution in [1.29, 1.82) is 0 Å². The molecule has 0 radical (unpaired) electrons. The Morgan fingerprint density at radius 3 is 3.00 bits per heavy atom. The number of hydrogen-bond donors (Lipinski definition) is 1. The van der Waals surface area contributed by atoms with Gasteiger partial charge in [0.25, 0.3) is 0 Å². The Morgan fingerprint density at radius 1 is 1.56 bits per heavy atom. The van der Waals surface area contributed by atoms with Gasteiger partial charge in [0.1, 0.15) is 0 Å². The molecule has 0 amide bonds. The molecule has 1 atom stereocenters. The van der Waals surface area contributed by atoms with Crippen LogP contribution in [0.5, 0.6) is 0 Å². The molecule has 1 fully saturated rings. The first-order valence-corrected chi connectivity index (χ1v) is 5.31. The number of rotatable bonds is 3. The molecule has 0 aromatic heterocycles. The molecule has 1 aliphatic heterocycles. The van der Waals surface area contributed by atoms with Crippen molar-refractivity contribution < 1.29 is 9.31 Å². The van der Waals surface area contributed by atoms with Crippen molar-refractivity contribution >= 4 is 5.69 Å². The Hall–Kier alpha value is -1.49. The molecule has 4 nitrogen and oxygen atoms in total. The fourth-order valence-electron chi connectivity index (χ4n) is 2.06. The second-order valence-corrected chi connectivity index (χ2v) is 4.07. The van der Waals surface area contributed by atoms with Crippen LogP contribution in [-0.2, 0) is 6.42 Å². The van der Waals surface area contributed by atoms with Gasteiger partial charge in [0, 0.05) is 6.07 Å².